The molecule has 1 aromatic heterocycles. The topological polar surface area (TPSA) is 106 Å². The van der Waals surface area contributed by atoms with E-state index in [0.717, 1.165) is 0 Å². The normalized spacial score (nSPS) is 10.9. The second-order valence-electron chi connectivity index (χ2n) is 5.70. The highest BCUT2D eigenvalue weighted by molar-refractivity contribution is 6.30. The first kappa shape index (κ1) is 19.0. The van der Waals surface area contributed by atoms with Gasteiger partial charge in [-0.3, -0.25) is 4.79 Å². The number of halogens is 1. The molecule has 0 saturated carbocycles. The minimum absolute atomic E-state index is 0.0565. The van der Waals surface area contributed by atoms with Gasteiger partial charge in [-0.05, 0) is 42.0 Å². The van der Waals surface area contributed by atoms with Crippen LogP contribution in [0.25, 0.3) is 17.4 Å². The smallest absolute Gasteiger partial charge is 0.266 e. The zero-order valence-electron chi connectivity index (χ0n) is 14.3. The molecule has 0 saturated heterocycles. The van der Waals surface area contributed by atoms with Crippen molar-refractivity contribution >= 4 is 35.2 Å². The molecule has 0 bridgehead atoms. The van der Waals surface area contributed by atoms with E-state index in [1.807, 2.05) is 6.07 Å². The zero-order valence-corrected chi connectivity index (χ0v) is 15.1. The summed E-state index contributed by atoms with van der Waals surface area (Å²) < 4.78 is 5.63. The average molecular weight is 392 g/mol. The number of nitrogens with one attached hydrogen (secondary N) is 1. The number of carbonyl (C=O) groups excluding carboxylic acids is 2. The number of carboxylic acids is 1. The van der Waals surface area contributed by atoms with Crippen molar-refractivity contribution in [1.82, 2.24) is 0 Å². The van der Waals surface area contributed by atoms with Crippen LogP contribution in [-0.2, 0) is 4.79 Å². The van der Waals surface area contributed by atoms with Gasteiger partial charge in [0.05, 0.1) is 5.97 Å². The lowest BCUT2D eigenvalue weighted by Crippen LogP contribution is -2.21. The second-order valence-corrected chi connectivity index (χ2v) is 6.13. The van der Waals surface area contributed by atoms with Crippen LogP contribution >= 0.6 is 11.6 Å². The van der Waals surface area contributed by atoms with Gasteiger partial charge in [0.1, 0.15) is 23.2 Å². The molecule has 7 heteroatoms. The Kier molecular flexibility index (Phi) is 5.58. The van der Waals surface area contributed by atoms with Crippen LogP contribution in [0.1, 0.15) is 16.1 Å². The van der Waals surface area contributed by atoms with Crippen molar-refractivity contribution in [3.8, 4) is 17.4 Å². The van der Waals surface area contributed by atoms with Crippen LogP contribution in [0.2, 0.25) is 5.02 Å². The number of aromatic carboxylic acids is 1. The lowest BCUT2D eigenvalue weighted by molar-refractivity contribution is -0.255. The largest absolute Gasteiger partial charge is 0.545 e. The molecule has 0 aliphatic rings. The van der Waals surface area contributed by atoms with Gasteiger partial charge in [-0.25, -0.2) is 0 Å². The molecule has 1 amide bonds. The molecule has 138 valence electrons. The quantitative estimate of drug-likeness (QED) is 0.529. The molecule has 0 spiro atoms. The van der Waals surface area contributed by atoms with Crippen LogP contribution in [0.5, 0.6) is 0 Å². The molecule has 6 nitrogen and oxygen atoms in total. The van der Waals surface area contributed by atoms with Crippen molar-refractivity contribution in [2.45, 2.75) is 0 Å². The maximum Gasteiger partial charge on any atom is 0.266 e. The number of furan rings is 1. The molecule has 28 heavy (non-hydrogen) atoms. The van der Waals surface area contributed by atoms with Gasteiger partial charge in [-0.2, -0.15) is 5.26 Å². The molecule has 3 aromatic rings. The molecule has 1 heterocycles. The van der Waals surface area contributed by atoms with E-state index in [4.69, 9.17) is 16.0 Å². The Labute approximate surface area is 165 Å². The summed E-state index contributed by atoms with van der Waals surface area (Å²) in [6.07, 6.45) is 1.32. The number of rotatable bonds is 5. The molecule has 0 radical (unpaired) electrons. The Morgan fingerprint density at radius 1 is 1.04 bits per heavy atom. The third-order valence-electron chi connectivity index (χ3n) is 3.79. The van der Waals surface area contributed by atoms with Crippen LogP contribution < -0.4 is 10.4 Å². The number of nitrogens with zero attached hydrogens (tertiary/aromatic N) is 1. The summed E-state index contributed by atoms with van der Waals surface area (Å²) in [6.45, 7) is 0. The first-order valence-corrected chi connectivity index (χ1v) is 8.44. The van der Waals surface area contributed by atoms with Crippen molar-refractivity contribution in [3.63, 3.8) is 0 Å². The fraction of sp³-hybridized carbons (Fsp3) is 0. The summed E-state index contributed by atoms with van der Waals surface area (Å²) in [5.74, 6) is -1.07. The molecule has 2 aromatic carbocycles. The van der Waals surface area contributed by atoms with Gasteiger partial charge in [-0.15, -0.1) is 0 Å². The number of nitriles is 1. The Morgan fingerprint density at radius 2 is 1.71 bits per heavy atom. The molecule has 0 atom stereocenters. The lowest BCUT2D eigenvalue weighted by Gasteiger charge is -2.04. The minimum Gasteiger partial charge on any atom is -0.545 e. The van der Waals surface area contributed by atoms with E-state index in [0.29, 0.717) is 27.8 Å². The average Bonchev–Trinajstić information content (AvgIpc) is 3.16. The Bertz CT molecular complexity index is 1090. The van der Waals surface area contributed by atoms with E-state index >= 15 is 0 Å². The summed E-state index contributed by atoms with van der Waals surface area (Å²) in [6, 6.07) is 17.6. The fourth-order valence-electron chi connectivity index (χ4n) is 2.38. The highest BCUT2D eigenvalue weighted by Crippen LogP contribution is 2.24. The molecular weight excluding hydrogens is 380 g/mol. The third kappa shape index (κ3) is 4.47. The third-order valence-corrected chi connectivity index (χ3v) is 4.04. The van der Waals surface area contributed by atoms with Crippen LogP contribution in [-0.4, -0.2) is 11.9 Å². The number of amides is 1. The molecule has 0 aliphatic carbocycles. The highest BCUT2D eigenvalue weighted by Gasteiger charge is 2.11. The molecule has 3 rings (SSSR count). The van der Waals surface area contributed by atoms with Crippen LogP contribution in [0.15, 0.2) is 70.7 Å². The summed E-state index contributed by atoms with van der Waals surface area (Å²) in [5.41, 5.74) is 1.07. The van der Waals surface area contributed by atoms with Crippen LogP contribution in [0.4, 0.5) is 5.69 Å². The molecular formula is C21H12ClN2O4-. The Hall–Kier alpha value is -3.82. The summed E-state index contributed by atoms with van der Waals surface area (Å²) >= 11 is 5.80. The summed E-state index contributed by atoms with van der Waals surface area (Å²) in [4.78, 5) is 23.1. The van der Waals surface area contributed by atoms with Crippen LogP contribution in [0.3, 0.4) is 0 Å². The maximum atomic E-state index is 12.3. The SMILES string of the molecule is N#C/C(=C/c1ccc(-c2ccc(C(=O)[O-])cc2)o1)C(=O)Nc1ccc(Cl)cc1. The first-order chi connectivity index (χ1) is 13.5. The first-order valence-electron chi connectivity index (χ1n) is 8.06. The van der Waals surface area contributed by atoms with Gasteiger partial charge in [0.15, 0.2) is 0 Å². The highest BCUT2D eigenvalue weighted by atomic mass is 35.5. The van der Waals surface area contributed by atoms with Crippen LogP contribution in [0, 0.1) is 11.3 Å². The lowest BCUT2D eigenvalue weighted by atomic mass is 10.1. The standard InChI is InChI=1S/C21H13ClN2O4/c22-16-5-7-17(8-6-16)24-20(25)15(12-23)11-18-9-10-19(28-18)13-1-3-14(4-2-13)21(26)27/h1-11H,(H,24,25)(H,26,27)/p-1/b15-11-. The van der Waals surface area contributed by atoms with E-state index < -0.39 is 11.9 Å². The molecule has 1 N–H and O–H groups in total. The van der Waals surface area contributed by atoms with E-state index in [9.17, 15) is 20.0 Å². The molecule has 0 fully saturated rings. The van der Waals surface area contributed by atoms with Gasteiger partial charge in [0.25, 0.3) is 5.91 Å². The minimum atomic E-state index is -1.26. The molecule has 0 aliphatic heterocycles. The fourth-order valence-corrected chi connectivity index (χ4v) is 2.50. The van der Waals surface area contributed by atoms with Crippen molar-refractivity contribution in [1.29, 1.82) is 5.26 Å². The number of hydrogen-bond donors (Lipinski definition) is 1. The van der Waals surface area contributed by atoms with Gasteiger partial charge >= 0.3 is 0 Å². The van der Waals surface area contributed by atoms with Gasteiger partial charge in [0.2, 0.25) is 0 Å². The summed E-state index contributed by atoms with van der Waals surface area (Å²) in [7, 11) is 0. The number of benzene rings is 2. The van der Waals surface area contributed by atoms with Crippen molar-refractivity contribution < 1.29 is 19.1 Å². The Morgan fingerprint density at radius 3 is 2.32 bits per heavy atom. The number of hydrogen-bond acceptors (Lipinski definition) is 5. The number of carboxylic acid groups (broad SMARTS) is 1. The summed E-state index contributed by atoms with van der Waals surface area (Å²) in [5, 5.41) is 23.2. The van der Waals surface area contributed by atoms with E-state index in [-0.39, 0.29) is 11.1 Å². The predicted molar refractivity (Wildman–Crippen MR) is 102 cm³/mol. The van der Waals surface area contributed by atoms with Crippen molar-refractivity contribution in [2.24, 2.45) is 0 Å². The van der Waals surface area contributed by atoms with E-state index in [2.05, 4.69) is 5.32 Å². The predicted octanol–water partition coefficient (Wildman–Crippen LogP) is 3.51. The van der Waals surface area contributed by atoms with Crippen molar-refractivity contribution in [3.05, 3.63) is 82.6 Å². The van der Waals surface area contributed by atoms with E-state index in [1.54, 1.807) is 48.5 Å². The Balaban J connectivity index is 1.78. The van der Waals surface area contributed by atoms with Gasteiger partial charge in [0, 0.05) is 22.3 Å². The zero-order chi connectivity index (χ0) is 20.1. The molecule has 0 unspecified atom stereocenters. The number of carbonyl (C=O) groups is 2. The van der Waals surface area contributed by atoms with Gasteiger partial charge in [-0.1, -0.05) is 35.9 Å². The second kappa shape index (κ2) is 8.25. The van der Waals surface area contributed by atoms with Gasteiger partial charge < -0.3 is 19.6 Å². The van der Waals surface area contributed by atoms with Crippen molar-refractivity contribution in [2.75, 3.05) is 5.32 Å². The monoisotopic (exact) mass is 391 g/mol. The number of anilines is 1. The van der Waals surface area contributed by atoms with E-state index in [1.165, 1.54) is 18.2 Å². The maximum absolute atomic E-state index is 12.3.